The van der Waals surface area contributed by atoms with Crippen molar-refractivity contribution in [3.63, 3.8) is 0 Å². The van der Waals surface area contributed by atoms with Gasteiger partial charge in [0.05, 0.1) is 29.2 Å². The van der Waals surface area contributed by atoms with Crippen molar-refractivity contribution in [3.05, 3.63) is 103 Å². The Hall–Kier alpha value is -4.05. The third-order valence-electron chi connectivity index (χ3n) is 6.86. The Balaban J connectivity index is 1.46. The van der Waals surface area contributed by atoms with Crippen LogP contribution in [0.25, 0.3) is 10.9 Å². The van der Waals surface area contributed by atoms with Crippen LogP contribution >= 0.6 is 15.9 Å². The summed E-state index contributed by atoms with van der Waals surface area (Å²) in [7, 11) is 1.53. The van der Waals surface area contributed by atoms with Crippen molar-refractivity contribution in [1.29, 1.82) is 0 Å². The number of nitro groups is 1. The molecule has 0 unspecified atom stereocenters. The quantitative estimate of drug-likeness (QED) is 0.130. The van der Waals surface area contributed by atoms with Crippen LogP contribution in [-0.4, -0.2) is 27.9 Å². The molecule has 4 aromatic rings. The molecular weight excluding hydrogens is 564 g/mol. The summed E-state index contributed by atoms with van der Waals surface area (Å²) < 4.78 is 13.6. The Morgan fingerprint density at radius 2 is 1.90 bits per heavy atom. The maximum atomic E-state index is 13.5. The lowest BCUT2D eigenvalue weighted by molar-refractivity contribution is -0.384. The minimum absolute atomic E-state index is 0.00169. The fraction of sp³-hybridized carbons (Fsp3) is 0.276. The summed E-state index contributed by atoms with van der Waals surface area (Å²) in [5, 5.41) is 16.2. The van der Waals surface area contributed by atoms with E-state index in [-0.39, 0.29) is 23.8 Å². The van der Waals surface area contributed by atoms with Crippen LogP contribution in [0.5, 0.6) is 11.5 Å². The highest BCUT2D eigenvalue weighted by Crippen LogP contribution is 2.34. The molecule has 1 fully saturated rings. The molecule has 0 N–H and O–H groups in total. The minimum atomic E-state index is -0.440. The molecule has 0 amide bonds. The third kappa shape index (κ3) is 5.85. The highest BCUT2D eigenvalue weighted by atomic mass is 79.9. The molecule has 0 atom stereocenters. The second-order valence-electron chi connectivity index (χ2n) is 9.42. The summed E-state index contributed by atoms with van der Waals surface area (Å²) >= 11 is 3.58. The maximum Gasteiger partial charge on any atom is 0.282 e. The summed E-state index contributed by atoms with van der Waals surface area (Å²) in [6.07, 6.45) is 6.99. The first kappa shape index (κ1) is 26.6. The number of methoxy groups -OCH3 is 1. The summed E-state index contributed by atoms with van der Waals surface area (Å²) in [5.74, 6) is 1.78. The highest BCUT2D eigenvalue weighted by molar-refractivity contribution is 9.10. The predicted molar refractivity (Wildman–Crippen MR) is 153 cm³/mol. The lowest BCUT2D eigenvalue weighted by Crippen LogP contribution is -2.25. The average Bonchev–Trinajstić information content (AvgIpc) is 2.96. The van der Waals surface area contributed by atoms with Crippen molar-refractivity contribution >= 4 is 38.7 Å². The van der Waals surface area contributed by atoms with Crippen LogP contribution in [-0.2, 0) is 6.61 Å². The van der Waals surface area contributed by atoms with E-state index in [1.165, 1.54) is 30.3 Å². The van der Waals surface area contributed by atoms with E-state index in [9.17, 15) is 14.9 Å². The van der Waals surface area contributed by atoms with E-state index in [4.69, 9.17) is 14.5 Å². The van der Waals surface area contributed by atoms with Crippen LogP contribution in [0.15, 0.2) is 75.0 Å². The van der Waals surface area contributed by atoms with E-state index in [2.05, 4.69) is 21.0 Å². The number of fused-ring (bicyclic) bond motifs is 1. The molecule has 9 nitrogen and oxygen atoms in total. The summed E-state index contributed by atoms with van der Waals surface area (Å²) in [6, 6.07) is 17.2. The zero-order chi connectivity index (χ0) is 27.4. The average molecular weight is 591 g/mol. The Labute approximate surface area is 233 Å². The number of para-hydroxylation sites is 1. The Morgan fingerprint density at radius 1 is 1.10 bits per heavy atom. The normalized spacial score (nSPS) is 14.1. The van der Waals surface area contributed by atoms with Crippen LogP contribution in [0.4, 0.5) is 5.69 Å². The summed E-state index contributed by atoms with van der Waals surface area (Å²) in [5.41, 5.74) is 1.83. The van der Waals surface area contributed by atoms with Gasteiger partial charge in [0.2, 0.25) is 0 Å². The van der Waals surface area contributed by atoms with Crippen LogP contribution in [0, 0.1) is 10.1 Å². The second kappa shape index (κ2) is 11.8. The number of hydrogen-bond donors (Lipinski definition) is 0. The summed E-state index contributed by atoms with van der Waals surface area (Å²) in [6.45, 7) is 0.126. The molecule has 1 aliphatic carbocycles. The molecule has 0 radical (unpaired) electrons. The molecule has 1 heterocycles. The third-order valence-corrected chi connectivity index (χ3v) is 7.55. The van der Waals surface area contributed by atoms with E-state index >= 15 is 0 Å². The molecule has 1 aromatic heterocycles. The first-order valence-electron chi connectivity index (χ1n) is 12.7. The molecule has 0 spiro atoms. The van der Waals surface area contributed by atoms with Crippen molar-refractivity contribution in [2.45, 2.75) is 44.6 Å². The number of nitrogens with zero attached hydrogens (tertiary/aromatic N) is 4. The molecule has 1 aliphatic rings. The Kier molecular flexibility index (Phi) is 8.02. The highest BCUT2D eigenvalue weighted by Gasteiger charge is 2.22. The van der Waals surface area contributed by atoms with Crippen molar-refractivity contribution < 1.29 is 14.4 Å². The van der Waals surface area contributed by atoms with Gasteiger partial charge in [0, 0.05) is 28.1 Å². The van der Waals surface area contributed by atoms with Gasteiger partial charge in [-0.1, -0.05) is 43.5 Å². The van der Waals surface area contributed by atoms with Crippen molar-refractivity contribution in [2.75, 3.05) is 7.11 Å². The largest absolute Gasteiger partial charge is 0.493 e. The number of benzene rings is 3. The number of non-ortho nitro benzene ring substituents is 1. The second-order valence-corrected chi connectivity index (χ2v) is 10.3. The van der Waals surface area contributed by atoms with Gasteiger partial charge < -0.3 is 9.47 Å². The minimum Gasteiger partial charge on any atom is -0.493 e. The van der Waals surface area contributed by atoms with E-state index in [1.807, 2.05) is 18.2 Å². The van der Waals surface area contributed by atoms with E-state index in [0.717, 1.165) is 25.7 Å². The molecule has 200 valence electrons. The number of rotatable bonds is 8. The molecule has 39 heavy (non-hydrogen) atoms. The molecule has 1 saturated carbocycles. The summed E-state index contributed by atoms with van der Waals surface area (Å²) in [4.78, 5) is 29.0. The predicted octanol–water partition coefficient (Wildman–Crippen LogP) is 6.58. The van der Waals surface area contributed by atoms with Crippen LogP contribution < -0.4 is 15.0 Å². The monoisotopic (exact) mass is 590 g/mol. The lowest BCUT2D eigenvalue weighted by atomic mass is 9.88. The van der Waals surface area contributed by atoms with Crippen molar-refractivity contribution in [2.24, 2.45) is 5.10 Å². The first-order chi connectivity index (χ1) is 18.9. The topological polar surface area (TPSA) is 109 Å². The molecule has 3 aromatic carbocycles. The Bertz CT molecular complexity index is 1610. The number of hydrogen-bond acceptors (Lipinski definition) is 7. The number of aromatic nitrogens is 2. The first-order valence-corrected chi connectivity index (χ1v) is 13.5. The number of halogens is 1. The van der Waals surface area contributed by atoms with Crippen LogP contribution in [0.1, 0.15) is 55.0 Å². The van der Waals surface area contributed by atoms with E-state index in [0.29, 0.717) is 43.8 Å². The maximum absolute atomic E-state index is 13.5. The van der Waals surface area contributed by atoms with Crippen molar-refractivity contribution in [1.82, 2.24) is 9.66 Å². The van der Waals surface area contributed by atoms with Gasteiger partial charge >= 0.3 is 0 Å². The molecule has 0 saturated heterocycles. The smallest absolute Gasteiger partial charge is 0.282 e. The van der Waals surface area contributed by atoms with Crippen LogP contribution in [0.3, 0.4) is 0 Å². The molecule has 0 aliphatic heterocycles. The van der Waals surface area contributed by atoms with Crippen molar-refractivity contribution in [3.8, 4) is 11.5 Å². The lowest BCUT2D eigenvalue weighted by Gasteiger charge is -2.22. The SMILES string of the molecule is COc1cc(C=Nn2c(C3CCCCC3)nc3ccccc3c2=O)c(Br)cc1OCc1cccc([N+](=O)[O-])c1. The van der Waals surface area contributed by atoms with E-state index < -0.39 is 4.92 Å². The Morgan fingerprint density at radius 3 is 2.67 bits per heavy atom. The van der Waals surface area contributed by atoms with Gasteiger partial charge in [0.25, 0.3) is 11.2 Å². The fourth-order valence-electron chi connectivity index (χ4n) is 4.84. The van der Waals surface area contributed by atoms with Gasteiger partial charge in [-0.2, -0.15) is 9.78 Å². The van der Waals surface area contributed by atoms with Gasteiger partial charge in [0.15, 0.2) is 11.5 Å². The number of ether oxygens (including phenoxy) is 2. The molecular formula is C29H27BrN4O5. The molecule has 10 heteroatoms. The van der Waals surface area contributed by atoms with E-state index in [1.54, 1.807) is 36.5 Å². The zero-order valence-corrected chi connectivity index (χ0v) is 23.0. The number of nitro benzene ring substituents is 1. The van der Waals surface area contributed by atoms with Gasteiger partial charge in [-0.15, -0.1) is 0 Å². The van der Waals surface area contributed by atoms with Gasteiger partial charge in [-0.05, 0) is 58.6 Å². The van der Waals surface area contributed by atoms with Gasteiger partial charge in [-0.3, -0.25) is 14.9 Å². The zero-order valence-electron chi connectivity index (χ0n) is 21.4. The van der Waals surface area contributed by atoms with Gasteiger partial charge in [-0.25, -0.2) is 4.98 Å². The standard InChI is InChI=1S/C29H27BrN4O5/c1-38-26-15-21(24(30)16-27(26)39-18-19-8-7-11-22(14-19)34(36)37)17-31-33-28(20-9-3-2-4-10-20)32-25-13-6-5-12-23(25)29(33)35/h5-8,11-17,20H,2-4,9-10,18H2,1H3. The molecule has 0 bridgehead atoms. The fourth-order valence-corrected chi connectivity index (χ4v) is 5.27. The van der Waals surface area contributed by atoms with Gasteiger partial charge in [0.1, 0.15) is 12.4 Å². The molecule has 5 rings (SSSR count). The van der Waals surface area contributed by atoms with Crippen LogP contribution in [0.2, 0.25) is 0 Å².